The van der Waals surface area contributed by atoms with Crippen LogP contribution in [0.3, 0.4) is 0 Å². The van der Waals surface area contributed by atoms with Crippen LogP contribution in [0.1, 0.15) is 11.3 Å². The Balaban J connectivity index is 0.00000128. The van der Waals surface area contributed by atoms with Crippen LogP contribution >= 0.6 is 12.4 Å². The molecule has 1 aromatic heterocycles. The molecule has 0 atom stereocenters. The highest BCUT2D eigenvalue weighted by Crippen LogP contribution is 2.24. The van der Waals surface area contributed by atoms with Crippen LogP contribution in [-0.4, -0.2) is 11.1 Å². The predicted molar refractivity (Wildman–Crippen MR) is 70.8 cm³/mol. The minimum atomic E-state index is 0. The Labute approximate surface area is 102 Å². The van der Waals surface area contributed by atoms with Gasteiger partial charge in [-0.25, -0.2) is 0 Å². The average molecular weight is 240 g/mol. The third-order valence-electron chi connectivity index (χ3n) is 3.05. The first kappa shape index (κ1) is 13.0. The molecule has 0 radical (unpaired) electrons. The minimum absolute atomic E-state index is 0. The molecule has 0 aliphatic carbocycles. The van der Waals surface area contributed by atoms with Crippen molar-refractivity contribution in [2.45, 2.75) is 13.3 Å². The summed E-state index contributed by atoms with van der Waals surface area (Å²) in [6.45, 7) is 2.97. The molecule has 0 aliphatic heterocycles. The quantitative estimate of drug-likeness (QED) is 0.635. The van der Waals surface area contributed by atoms with Crippen molar-refractivity contribution in [1.82, 2.24) is 9.99 Å². The van der Waals surface area contributed by atoms with E-state index in [-0.39, 0.29) is 12.4 Å². The number of halogens is 1. The number of fused-ring (bicyclic) bond motifs is 1. The molecule has 16 heavy (non-hydrogen) atoms. The highest BCUT2D eigenvalue weighted by Gasteiger charge is 2.09. The second kappa shape index (κ2) is 5.34. The Morgan fingerprint density at radius 2 is 2.00 bits per heavy atom. The number of rotatable bonds is 3. The van der Waals surface area contributed by atoms with Crippen molar-refractivity contribution in [2.75, 3.05) is 6.54 Å². The van der Waals surface area contributed by atoms with Crippen LogP contribution in [0.25, 0.3) is 10.9 Å². The highest BCUT2D eigenvalue weighted by molar-refractivity contribution is 5.85. The number of hydrogen-bond acceptors (Lipinski definition) is 2. The molecule has 88 valence electrons. The molecule has 1 heterocycles. The fourth-order valence-electron chi connectivity index (χ4n) is 2.11. The largest absolute Gasteiger partial charge is 0.348 e. The van der Waals surface area contributed by atoms with Gasteiger partial charge in [-0.05, 0) is 25.0 Å². The Bertz CT molecular complexity index is 476. The fourth-order valence-corrected chi connectivity index (χ4v) is 2.11. The maximum absolute atomic E-state index is 5.32. The van der Waals surface area contributed by atoms with Gasteiger partial charge in [-0.2, -0.15) is 0 Å². The monoisotopic (exact) mass is 239 g/mol. The molecule has 1 aromatic carbocycles. The normalized spacial score (nSPS) is 10.4. The summed E-state index contributed by atoms with van der Waals surface area (Å²) in [5.41, 5.74) is 6.72. The van der Waals surface area contributed by atoms with E-state index in [1.165, 1.54) is 22.2 Å². The van der Waals surface area contributed by atoms with Gasteiger partial charge in [-0.3, -0.25) is 11.3 Å². The minimum Gasteiger partial charge on any atom is -0.348 e. The summed E-state index contributed by atoms with van der Waals surface area (Å²) in [5.74, 6) is 5.32. The molecular formula is C12H18ClN3. The molecule has 0 unspecified atom stereocenters. The van der Waals surface area contributed by atoms with Crippen LogP contribution in [0, 0.1) is 6.92 Å². The van der Waals surface area contributed by atoms with Gasteiger partial charge in [0, 0.05) is 30.2 Å². The van der Waals surface area contributed by atoms with Gasteiger partial charge >= 0.3 is 0 Å². The maximum atomic E-state index is 5.32. The smallest absolute Gasteiger partial charge is 0.0482 e. The number of benzene rings is 1. The van der Waals surface area contributed by atoms with Gasteiger partial charge < -0.3 is 4.57 Å². The number of nitrogens with one attached hydrogen (secondary N) is 1. The van der Waals surface area contributed by atoms with Crippen molar-refractivity contribution in [2.24, 2.45) is 12.9 Å². The second-order valence-electron chi connectivity index (χ2n) is 3.84. The van der Waals surface area contributed by atoms with E-state index in [0.717, 1.165) is 13.0 Å². The van der Waals surface area contributed by atoms with Crippen molar-refractivity contribution in [3.8, 4) is 0 Å². The summed E-state index contributed by atoms with van der Waals surface area (Å²) in [7, 11) is 2.11. The first-order chi connectivity index (χ1) is 7.25. The first-order valence-electron chi connectivity index (χ1n) is 5.22. The van der Waals surface area contributed by atoms with Gasteiger partial charge in [-0.1, -0.05) is 18.2 Å². The van der Waals surface area contributed by atoms with Crippen molar-refractivity contribution in [3.63, 3.8) is 0 Å². The molecular weight excluding hydrogens is 222 g/mol. The van der Waals surface area contributed by atoms with Crippen LogP contribution in [0.15, 0.2) is 24.3 Å². The summed E-state index contributed by atoms with van der Waals surface area (Å²) < 4.78 is 2.24. The van der Waals surface area contributed by atoms with E-state index in [9.17, 15) is 0 Å². The van der Waals surface area contributed by atoms with Crippen LogP contribution < -0.4 is 11.3 Å². The molecule has 0 amide bonds. The predicted octanol–water partition coefficient (Wildman–Crippen LogP) is 1.91. The number of para-hydroxylation sites is 1. The van der Waals surface area contributed by atoms with Gasteiger partial charge in [-0.15, -0.1) is 12.4 Å². The van der Waals surface area contributed by atoms with E-state index in [1.54, 1.807) is 0 Å². The van der Waals surface area contributed by atoms with Crippen molar-refractivity contribution >= 4 is 23.3 Å². The summed E-state index contributed by atoms with van der Waals surface area (Å²) in [6, 6.07) is 8.49. The fraction of sp³-hybridized carbons (Fsp3) is 0.333. The Hall–Kier alpha value is -1.03. The highest BCUT2D eigenvalue weighted by atomic mass is 35.5. The number of nitrogens with zero attached hydrogens (tertiary/aromatic N) is 1. The molecule has 2 aromatic rings. The van der Waals surface area contributed by atoms with Gasteiger partial charge in [0.1, 0.15) is 0 Å². The van der Waals surface area contributed by atoms with E-state index in [4.69, 9.17) is 5.84 Å². The Kier molecular flexibility index (Phi) is 4.35. The van der Waals surface area contributed by atoms with Crippen molar-refractivity contribution in [1.29, 1.82) is 0 Å². The molecule has 0 saturated carbocycles. The standard InChI is InChI=1S/C12H17N3.ClH/c1-9-10(7-8-14-13)11-5-3-4-6-12(11)15(9)2;/h3-6,14H,7-8,13H2,1-2H3;1H. The van der Waals surface area contributed by atoms with E-state index in [0.29, 0.717) is 0 Å². The lowest BCUT2D eigenvalue weighted by atomic mass is 10.1. The number of hydrogen-bond donors (Lipinski definition) is 2. The molecule has 3 nitrogen and oxygen atoms in total. The molecule has 0 aliphatic rings. The molecule has 4 heteroatoms. The van der Waals surface area contributed by atoms with Crippen molar-refractivity contribution in [3.05, 3.63) is 35.5 Å². The molecule has 0 spiro atoms. The van der Waals surface area contributed by atoms with Gasteiger partial charge in [0.05, 0.1) is 0 Å². The topological polar surface area (TPSA) is 43.0 Å². The lowest BCUT2D eigenvalue weighted by Crippen LogP contribution is -2.24. The number of aryl methyl sites for hydroxylation is 1. The van der Waals surface area contributed by atoms with E-state index < -0.39 is 0 Å². The average Bonchev–Trinajstić information content (AvgIpc) is 2.51. The lowest BCUT2D eigenvalue weighted by molar-refractivity contribution is 0.725. The number of aromatic nitrogens is 1. The molecule has 3 N–H and O–H groups in total. The number of hydrazine groups is 1. The van der Waals surface area contributed by atoms with Gasteiger partial charge in [0.2, 0.25) is 0 Å². The Morgan fingerprint density at radius 1 is 1.31 bits per heavy atom. The zero-order chi connectivity index (χ0) is 10.8. The van der Waals surface area contributed by atoms with E-state index in [2.05, 4.69) is 48.2 Å². The molecule has 0 fully saturated rings. The van der Waals surface area contributed by atoms with Crippen LogP contribution in [-0.2, 0) is 13.5 Å². The zero-order valence-electron chi connectivity index (χ0n) is 9.66. The maximum Gasteiger partial charge on any atom is 0.0482 e. The van der Waals surface area contributed by atoms with Gasteiger partial charge in [0.15, 0.2) is 0 Å². The van der Waals surface area contributed by atoms with Gasteiger partial charge in [0.25, 0.3) is 0 Å². The van der Waals surface area contributed by atoms with Crippen LogP contribution in [0.5, 0.6) is 0 Å². The summed E-state index contributed by atoms with van der Waals surface area (Å²) in [6.07, 6.45) is 0.976. The lowest BCUT2D eigenvalue weighted by Gasteiger charge is -2.01. The number of nitrogens with two attached hydrogens (primary N) is 1. The third kappa shape index (κ3) is 2.07. The first-order valence-corrected chi connectivity index (χ1v) is 5.22. The van der Waals surface area contributed by atoms with Crippen LogP contribution in [0.2, 0.25) is 0 Å². The zero-order valence-corrected chi connectivity index (χ0v) is 10.5. The SMILES string of the molecule is Cc1c(CCNN)c2ccccc2n1C.Cl. The van der Waals surface area contributed by atoms with E-state index >= 15 is 0 Å². The second-order valence-corrected chi connectivity index (χ2v) is 3.84. The third-order valence-corrected chi connectivity index (χ3v) is 3.05. The summed E-state index contributed by atoms with van der Waals surface area (Å²) in [4.78, 5) is 0. The van der Waals surface area contributed by atoms with Crippen molar-refractivity contribution < 1.29 is 0 Å². The summed E-state index contributed by atoms with van der Waals surface area (Å²) >= 11 is 0. The Morgan fingerprint density at radius 3 is 2.69 bits per heavy atom. The molecule has 0 saturated heterocycles. The summed E-state index contributed by atoms with van der Waals surface area (Å²) in [5, 5.41) is 1.34. The van der Waals surface area contributed by atoms with Crippen LogP contribution in [0.4, 0.5) is 0 Å². The van der Waals surface area contributed by atoms with E-state index in [1.807, 2.05) is 0 Å². The molecule has 0 bridgehead atoms. The molecule has 2 rings (SSSR count).